The zero-order valence-electron chi connectivity index (χ0n) is 7.75. The van der Waals surface area contributed by atoms with Crippen LogP contribution < -0.4 is 11.3 Å². The Kier molecular flexibility index (Phi) is 3.05. The van der Waals surface area contributed by atoms with Crippen LogP contribution in [0.2, 0.25) is 0 Å². The third-order valence-electron chi connectivity index (χ3n) is 1.94. The van der Waals surface area contributed by atoms with Crippen LogP contribution in [0.4, 0.5) is 0 Å². The van der Waals surface area contributed by atoms with E-state index in [9.17, 15) is 0 Å². The molecule has 2 rings (SSSR count). The molecular formula is C6H8BrN7S. The van der Waals surface area contributed by atoms with E-state index in [4.69, 9.17) is 5.84 Å². The highest BCUT2D eigenvalue weighted by Gasteiger charge is 2.22. The fraction of sp³-hybridized carbons (Fsp3) is 0.333. The fourth-order valence-electron chi connectivity index (χ4n) is 1.25. The van der Waals surface area contributed by atoms with Gasteiger partial charge in [-0.2, -0.15) is 0 Å². The molecule has 15 heavy (non-hydrogen) atoms. The van der Waals surface area contributed by atoms with Crippen LogP contribution >= 0.6 is 27.5 Å². The van der Waals surface area contributed by atoms with Gasteiger partial charge in [-0.1, -0.05) is 9.70 Å². The van der Waals surface area contributed by atoms with Gasteiger partial charge in [-0.15, -0.1) is 10.2 Å². The van der Waals surface area contributed by atoms with Crippen LogP contribution in [-0.4, -0.2) is 24.6 Å². The van der Waals surface area contributed by atoms with Crippen molar-refractivity contribution < 1.29 is 0 Å². The Morgan fingerprint density at radius 1 is 1.60 bits per heavy atom. The summed E-state index contributed by atoms with van der Waals surface area (Å²) in [6.07, 6.45) is 0. The molecule has 2 heterocycles. The summed E-state index contributed by atoms with van der Waals surface area (Å²) in [6, 6.07) is -0.266. The van der Waals surface area contributed by atoms with Gasteiger partial charge < -0.3 is 0 Å². The van der Waals surface area contributed by atoms with Gasteiger partial charge >= 0.3 is 0 Å². The molecule has 0 aliphatic carbocycles. The summed E-state index contributed by atoms with van der Waals surface area (Å²) >= 11 is 4.58. The molecule has 0 bridgehead atoms. The molecular weight excluding hydrogens is 282 g/mol. The smallest absolute Gasteiger partial charge is 0.153 e. The number of halogens is 1. The average Bonchev–Trinajstić information content (AvgIpc) is 2.83. The van der Waals surface area contributed by atoms with Crippen molar-refractivity contribution in [2.45, 2.75) is 6.04 Å². The third-order valence-corrected chi connectivity index (χ3v) is 3.03. The molecule has 2 aromatic rings. The van der Waals surface area contributed by atoms with Crippen LogP contribution in [-0.2, 0) is 7.05 Å². The monoisotopic (exact) mass is 289 g/mol. The fourth-order valence-corrected chi connectivity index (χ4v) is 2.28. The van der Waals surface area contributed by atoms with Crippen LogP contribution in [0.1, 0.15) is 17.4 Å². The van der Waals surface area contributed by atoms with E-state index in [2.05, 4.69) is 41.3 Å². The van der Waals surface area contributed by atoms with Gasteiger partial charge in [0.1, 0.15) is 6.04 Å². The largest absolute Gasteiger partial charge is 0.270 e. The summed E-state index contributed by atoms with van der Waals surface area (Å²) in [4.78, 5) is 0. The second kappa shape index (κ2) is 4.31. The molecule has 0 radical (unpaired) electrons. The van der Waals surface area contributed by atoms with Crippen LogP contribution in [0, 0.1) is 0 Å². The molecule has 0 saturated heterocycles. The minimum absolute atomic E-state index is 0.266. The van der Waals surface area contributed by atoms with E-state index in [0.717, 1.165) is 11.4 Å². The van der Waals surface area contributed by atoms with Crippen molar-refractivity contribution >= 4 is 27.5 Å². The predicted molar refractivity (Wildman–Crippen MR) is 57.8 cm³/mol. The van der Waals surface area contributed by atoms with E-state index in [-0.39, 0.29) is 6.04 Å². The highest BCUT2D eigenvalue weighted by atomic mass is 79.9. The molecule has 0 spiro atoms. The SMILES string of the molecule is Cn1nnc(Br)c1C(NN)c1csnn1. The number of aryl methyl sites for hydroxylation is 1. The number of hydrazine groups is 1. The molecule has 7 nitrogen and oxygen atoms in total. The minimum atomic E-state index is -0.266. The molecule has 0 saturated carbocycles. The highest BCUT2D eigenvalue weighted by molar-refractivity contribution is 9.10. The summed E-state index contributed by atoms with van der Waals surface area (Å²) in [5.74, 6) is 5.49. The molecule has 1 unspecified atom stereocenters. The van der Waals surface area contributed by atoms with Crippen molar-refractivity contribution in [2.24, 2.45) is 12.9 Å². The Morgan fingerprint density at radius 3 is 2.87 bits per heavy atom. The van der Waals surface area contributed by atoms with Gasteiger partial charge in [-0.3, -0.25) is 5.84 Å². The summed E-state index contributed by atoms with van der Waals surface area (Å²) in [5, 5.41) is 13.5. The van der Waals surface area contributed by atoms with E-state index >= 15 is 0 Å². The molecule has 1 atom stereocenters. The lowest BCUT2D eigenvalue weighted by atomic mass is 10.2. The molecule has 0 amide bonds. The van der Waals surface area contributed by atoms with Crippen molar-refractivity contribution in [1.82, 2.24) is 30.0 Å². The Hall–Kier alpha value is -0.900. The molecule has 9 heteroatoms. The summed E-state index contributed by atoms with van der Waals surface area (Å²) in [5.41, 5.74) is 4.22. The topological polar surface area (TPSA) is 94.5 Å². The molecule has 0 aliphatic heterocycles. The van der Waals surface area contributed by atoms with E-state index in [1.54, 1.807) is 11.7 Å². The highest BCUT2D eigenvalue weighted by Crippen LogP contribution is 2.24. The van der Waals surface area contributed by atoms with Crippen LogP contribution in [0.3, 0.4) is 0 Å². The van der Waals surface area contributed by atoms with Gasteiger partial charge in [0.25, 0.3) is 0 Å². The van der Waals surface area contributed by atoms with E-state index in [0.29, 0.717) is 4.60 Å². The van der Waals surface area contributed by atoms with Gasteiger partial charge in [0.2, 0.25) is 0 Å². The zero-order chi connectivity index (χ0) is 10.8. The number of nitrogens with zero attached hydrogens (tertiary/aromatic N) is 5. The quantitative estimate of drug-likeness (QED) is 0.609. The van der Waals surface area contributed by atoms with Gasteiger partial charge in [0.05, 0.1) is 11.4 Å². The molecule has 0 aliphatic rings. The van der Waals surface area contributed by atoms with Gasteiger partial charge in [-0.05, 0) is 27.5 Å². The zero-order valence-corrected chi connectivity index (χ0v) is 10.2. The first-order valence-corrected chi connectivity index (χ1v) is 5.65. The number of nitrogens with two attached hydrogens (primary N) is 1. The molecule has 80 valence electrons. The minimum Gasteiger partial charge on any atom is -0.270 e. The van der Waals surface area contributed by atoms with Crippen molar-refractivity contribution in [3.8, 4) is 0 Å². The van der Waals surface area contributed by atoms with Gasteiger partial charge in [-0.25, -0.2) is 10.1 Å². The Morgan fingerprint density at radius 2 is 2.40 bits per heavy atom. The van der Waals surface area contributed by atoms with Crippen molar-refractivity contribution in [3.63, 3.8) is 0 Å². The van der Waals surface area contributed by atoms with Crippen molar-refractivity contribution in [1.29, 1.82) is 0 Å². The van der Waals surface area contributed by atoms with Gasteiger partial charge in [0, 0.05) is 12.4 Å². The van der Waals surface area contributed by atoms with Crippen LogP contribution in [0.15, 0.2) is 9.98 Å². The second-order valence-electron chi connectivity index (χ2n) is 2.82. The first-order chi connectivity index (χ1) is 7.24. The lowest BCUT2D eigenvalue weighted by molar-refractivity contribution is 0.557. The first kappa shape index (κ1) is 10.6. The summed E-state index contributed by atoms with van der Waals surface area (Å²) < 4.78 is 6.06. The van der Waals surface area contributed by atoms with Gasteiger partial charge in [0.15, 0.2) is 4.60 Å². The van der Waals surface area contributed by atoms with Crippen molar-refractivity contribution in [2.75, 3.05) is 0 Å². The second-order valence-corrected chi connectivity index (χ2v) is 4.18. The summed E-state index contributed by atoms with van der Waals surface area (Å²) in [7, 11) is 1.79. The number of nitrogens with one attached hydrogen (secondary N) is 1. The standard InChI is InChI=1S/C6H8BrN7S/c1-14-5(6(7)11-12-14)4(9-8)3-2-15-13-10-3/h2,4,9H,8H2,1H3. The number of hydrogen-bond donors (Lipinski definition) is 2. The lowest BCUT2D eigenvalue weighted by Gasteiger charge is -2.12. The average molecular weight is 290 g/mol. The molecule has 3 N–H and O–H groups in total. The maximum absolute atomic E-state index is 5.49. The summed E-state index contributed by atoms with van der Waals surface area (Å²) in [6.45, 7) is 0. The lowest BCUT2D eigenvalue weighted by Crippen LogP contribution is -2.31. The Bertz CT molecular complexity index is 419. The maximum atomic E-state index is 5.49. The third kappa shape index (κ3) is 1.91. The Labute approximate surface area is 97.9 Å². The van der Waals surface area contributed by atoms with E-state index in [1.807, 2.05) is 5.38 Å². The first-order valence-electron chi connectivity index (χ1n) is 4.02. The van der Waals surface area contributed by atoms with Crippen LogP contribution in [0.25, 0.3) is 0 Å². The van der Waals surface area contributed by atoms with Crippen molar-refractivity contribution in [3.05, 3.63) is 21.4 Å². The normalized spacial score (nSPS) is 13.0. The number of hydrogen-bond acceptors (Lipinski definition) is 7. The molecule has 2 aromatic heterocycles. The van der Waals surface area contributed by atoms with Crippen LogP contribution in [0.5, 0.6) is 0 Å². The van der Waals surface area contributed by atoms with E-state index in [1.165, 1.54) is 11.5 Å². The molecule has 0 fully saturated rings. The Balaban J connectivity index is 2.44. The number of rotatable bonds is 3. The van der Waals surface area contributed by atoms with E-state index < -0.39 is 0 Å². The number of aromatic nitrogens is 5. The predicted octanol–water partition coefficient (Wildman–Crippen LogP) is -0.0182. The molecule has 0 aromatic carbocycles. The maximum Gasteiger partial charge on any atom is 0.153 e.